The van der Waals surface area contributed by atoms with Crippen LogP contribution in [0, 0.1) is 5.92 Å². The first-order valence-electron chi connectivity index (χ1n) is 9.22. The molecule has 0 aliphatic heterocycles. The molecule has 5 heteroatoms. The van der Waals surface area contributed by atoms with Crippen molar-refractivity contribution in [2.75, 3.05) is 7.05 Å². The Balaban J connectivity index is 1.64. The van der Waals surface area contributed by atoms with Gasteiger partial charge in [0, 0.05) is 41.9 Å². The second-order valence-electron chi connectivity index (χ2n) is 7.13. The van der Waals surface area contributed by atoms with Crippen LogP contribution in [0.25, 0.3) is 11.3 Å². The van der Waals surface area contributed by atoms with E-state index in [4.69, 9.17) is 16.7 Å². The lowest BCUT2D eigenvalue weighted by Crippen LogP contribution is -2.27. The summed E-state index contributed by atoms with van der Waals surface area (Å²) in [4.78, 5) is 14.2. The van der Waals surface area contributed by atoms with E-state index in [9.17, 15) is 4.79 Å². The summed E-state index contributed by atoms with van der Waals surface area (Å²) in [6.07, 6.45) is 4.06. The summed E-state index contributed by atoms with van der Waals surface area (Å²) in [7, 11) is 1.88. The van der Waals surface area contributed by atoms with Crippen molar-refractivity contribution in [3.8, 4) is 11.3 Å². The van der Waals surface area contributed by atoms with E-state index in [2.05, 4.69) is 0 Å². The molecule has 0 saturated heterocycles. The molecule has 2 aromatic carbocycles. The van der Waals surface area contributed by atoms with Gasteiger partial charge in [-0.3, -0.25) is 9.48 Å². The van der Waals surface area contributed by atoms with Crippen molar-refractivity contribution in [2.45, 2.75) is 25.9 Å². The molecular weight excluding hydrogens is 358 g/mol. The van der Waals surface area contributed by atoms with Gasteiger partial charge in [-0.05, 0) is 24.5 Å². The molecule has 4 rings (SSSR count). The number of rotatable bonds is 6. The fourth-order valence-electron chi connectivity index (χ4n) is 3.27. The predicted octanol–water partition coefficient (Wildman–Crippen LogP) is 4.62. The largest absolute Gasteiger partial charge is 0.341 e. The lowest BCUT2D eigenvalue weighted by Gasteiger charge is -2.16. The molecule has 0 spiro atoms. The molecule has 1 aromatic heterocycles. The normalized spacial score (nSPS) is 13.6. The quantitative estimate of drug-likeness (QED) is 0.626. The van der Waals surface area contributed by atoms with E-state index in [1.807, 2.05) is 77.4 Å². The Morgan fingerprint density at radius 3 is 2.52 bits per heavy atom. The lowest BCUT2D eigenvalue weighted by atomic mass is 10.1. The van der Waals surface area contributed by atoms with E-state index in [0.717, 1.165) is 40.2 Å². The van der Waals surface area contributed by atoms with Gasteiger partial charge in [0.1, 0.15) is 0 Å². The Hall–Kier alpha value is -2.59. The maximum atomic E-state index is 12.4. The summed E-state index contributed by atoms with van der Waals surface area (Å²) in [5.41, 5.74) is 4.04. The number of nitrogens with zero attached hydrogens (tertiary/aromatic N) is 3. The Labute approximate surface area is 164 Å². The van der Waals surface area contributed by atoms with Crippen LogP contribution in [0.2, 0.25) is 5.02 Å². The molecule has 1 saturated carbocycles. The van der Waals surface area contributed by atoms with Crippen LogP contribution in [0.4, 0.5) is 0 Å². The van der Waals surface area contributed by atoms with E-state index < -0.39 is 0 Å². The average Bonchev–Trinajstić information content (AvgIpc) is 3.46. The van der Waals surface area contributed by atoms with Crippen LogP contribution in [0.3, 0.4) is 0 Å². The maximum Gasteiger partial charge on any atom is 0.225 e. The first-order chi connectivity index (χ1) is 13.1. The molecule has 0 atom stereocenters. The highest BCUT2D eigenvalue weighted by Crippen LogP contribution is 2.32. The summed E-state index contributed by atoms with van der Waals surface area (Å²) >= 11 is 6.31. The summed E-state index contributed by atoms with van der Waals surface area (Å²) in [6.45, 7) is 1.15. The molecule has 0 unspecified atom stereocenters. The topological polar surface area (TPSA) is 38.1 Å². The Morgan fingerprint density at radius 2 is 1.81 bits per heavy atom. The van der Waals surface area contributed by atoms with Crippen LogP contribution in [-0.4, -0.2) is 27.6 Å². The number of aromatic nitrogens is 2. The fourth-order valence-corrected chi connectivity index (χ4v) is 3.47. The maximum absolute atomic E-state index is 12.4. The van der Waals surface area contributed by atoms with Gasteiger partial charge >= 0.3 is 0 Å². The fraction of sp³-hybridized carbons (Fsp3) is 0.273. The predicted molar refractivity (Wildman–Crippen MR) is 107 cm³/mol. The van der Waals surface area contributed by atoms with E-state index in [1.54, 1.807) is 0 Å². The van der Waals surface area contributed by atoms with Crippen molar-refractivity contribution in [2.24, 2.45) is 5.92 Å². The Kier molecular flexibility index (Phi) is 4.99. The Bertz CT molecular complexity index is 947. The highest BCUT2D eigenvalue weighted by atomic mass is 35.5. The summed E-state index contributed by atoms with van der Waals surface area (Å²) in [6, 6.07) is 17.9. The van der Waals surface area contributed by atoms with E-state index in [-0.39, 0.29) is 11.8 Å². The van der Waals surface area contributed by atoms with Crippen LogP contribution < -0.4 is 0 Å². The molecule has 138 valence electrons. The summed E-state index contributed by atoms with van der Waals surface area (Å²) in [5.74, 6) is 0.446. The van der Waals surface area contributed by atoms with Gasteiger partial charge in [0.25, 0.3) is 0 Å². The number of hydrogen-bond donors (Lipinski definition) is 0. The molecule has 0 radical (unpaired) electrons. The van der Waals surface area contributed by atoms with Crippen molar-refractivity contribution in [1.82, 2.24) is 14.7 Å². The van der Waals surface area contributed by atoms with Crippen LogP contribution in [-0.2, 0) is 17.9 Å². The molecule has 1 amide bonds. The standard InChI is InChI=1S/C22H22ClN3O/c1-25(22(27)17-11-12-17)13-19-15-26(14-18-9-5-6-10-20(18)23)24-21(19)16-7-3-2-4-8-16/h2-10,15,17H,11-14H2,1H3. The van der Waals surface area contributed by atoms with Gasteiger partial charge in [-0.2, -0.15) is 5.10 Å². The van der Waals surface area contributed by atoms with Gasteiger partial charge in [-0.1, -0.05) is 60.1 Å². The van der Waals surface area contributed by atoms with Crippen molar-refractivity contribution < 1.29 is 4.79 Å². The number of carbonyl (C=O) groups excluding carboxylic acids is 1. The second kappa shape index (κ2) is 7.57. The Morgan fingerprint density at radius 1 is 1.11 bits per heavy atom. The van der Waals surface area contributed by atoms with Gasteiger partial charge in [-0.25, -0.2) is 0 Å². The van der Waals surface area contributed by atoms with Gasteiger partial charge in [0.2, 0.25) is 5.91 Å². The number of amides is 1. The molecule has 1 heterocycles. The zero-order valence-corrected chi connectivity index (χ0v) is 16.1. The number of hydrogen-bond acceptors (Lipinski definition) is 2. The number of benzene rings is 2. The third-order valence-electron chi connectivity index (χ3n) is 4.89. The minimum atomic E-state index is 0.216. The third-order valence-corrected chi connectivity index (χ3v) is 5.25. The van der Waals surface area contributed by atoms with Crippen LogP contribution in [0.5, 0.6) is 0 Å². The highest BCUT2D eigenvalue weighted by molar-refractivity contribution is 6.31. The molecule has 1 fully saturated rings. The van der Waals surface area contributed by atoms with Crippen molar-refractivity contribution in [3.05, 3.63) is 76.9 Å². The molecule has 4 nitrogen and oxygen atoms in total. The summed E-state index contributed by atoms with van der Waals surface area (Å²) < 4.78 is 1.91. The number of halogens is 1. The van der Waals surface area contributed by atoms with Crippen LogP contribution in [0.1, 0.15) is 24.0 Å². The first-order valence-corrected chi connectivity index (χ1v) is 9.60. The van der Waals surface area contributed by atoms with Gasteiger partial charge in [0.15, 0.2) is 0 Å². The van der Waals surface area contributed by atoms with E-state index in [0.29, 0.717) is 13.1 Å². The highest BCUT2D eigenvalue weighted by Gasteiger charge is 2.32. The minimum Gasteiger partial charge on any atom is -0.341 e. The second-order valence-corrected chi connectivity index (χ2v) is 7.53. The molecule has 0 bridgehead atoms. The lowest BCUT2D eigenvalue weighted by molar-refractivity contribution is -0.131. The molecule has 3 aromatic rings. The van der Waals surface area contributed by atoms with Crippen LogP contribution in [0.15, 0.2) is 60.8 Å². The van der Waals surface area contributed by atoms with Gasteiger partial charge < -0.3 is 4.90 Å². The SMILES string of the molecule is CN(Cc1cn(Cc2ccccc2Cl)nc1-c1ccccc1)C(=O)C1CC1. The minimum absolute atomic E-state index is 0.216. The monoisotopic (exact) mass is 379 g/mol. The zero-order chi connectivity index (χ0) is 18.8. The van der Waals surface area contributed by atoms with E-state index in [1.165, 1.54) is 0 Å². The average molecular weight is 380 g/mol. The van der Waals surface area contributed by atoms with Crippen molar-refractivity contribution in [3.63, 3.8) is 0 Å². The molecule has 1 aliphatic carbocycles. The summed E-state index contributed by atoms with van der Waals surface area (Å²) in [5, 5.41) is 5.54. The zero-order valence-electron chi connectivity index (χ0n) is 15.3. The number of carbonyl (C=O) groups is 1. The first kappa shape index (κ1) is 17.8. The van der Waals surface area contributed by atoms with E-state index >= 15 is 0 Å². The van der Waals surface area contributed by atoms with Gasteiger partial charge in [0.05, 0.1) is 12.2 Å². The molecule has 0 N–H and O–H groups in total. The molecule has 1 aliphatic rings. The van der Waals surface area contributed by atoms with Gasteiger partial charge in [-0.15, -0.1) is 0 Å². The molecular formula is C22H22ClN3O. The van der Waals surface area contributed by atoms with Crippen molar-refractivity contribution >= 4 is 17.5 Å². The van der Waals surface area contributed by atoms with Crippen LogP contribution >= 0.6 is 11.6 Å². The smallest absolute Gasteiger partial charge is 0.225 e. The molecule has 27 heavy (non-hydrogen) atoms. The van der Waals surface area contributed by atoms with Crippen molar-refractivity contribution in [1.29, 1.82) is 0 Å². The third kappa shape index (κ3) is 4.06.